The third-order valence-corrected chi connectivity index (χ3v) is 7.38. The quantitative estimate of drug-likeness (QED) is 0.157. The maximum absolute atomic E-state index is 13.2. The molecule has 0 aliphatic heterocycles. The summed E-state index contributed by atoms with van der Waals surface area (Å²) < 4.78 is 31.1. The first-order chi connectivity index (χ1) is 17.1. The van der Waals surface area contributed by atoms with Crippen LogP contribution >= 0.6 is 0 Å². The van der Waals surface area contributed by atoms with Gasteiger partial charge in [-0.25, -0.2) is 13.2 Å². The number of ketones is 1. The third-order valence-electron chi connectivity index (χ3n) is 5.64. The number of hydrogen-bond acceptors (Lipinski definition) is 11. The Morgan fingerprint density at radius 3 is 2.38 bits per heavy atom. The van der Waals surface area contributed by atoms with Crippen molar-refractivity contribution in [3.8, 4) is 0 Å². The molecule has 16 heteroatoms. The van der Waals surface area contributed by atoms with E-state index in [0.29, 0.717) is 0 Å². The van der Waals surface area contributed by atoms with Gasteiger partial charge in [0.15, 0.2) is 15.6 Å². The van der Waals surface area contributed by atoms with Crippen molar-refractivity contribution in [3.63, 3.8) is 0 Å². The van der Waals surface area contributed by atoms with Crippen LogP contribution in [-0.4, -0.2) is 65.3 Å². The van der Waals surface area contributed by atoms with Crippen molar-refractivity contribution < 1.29 is 47.1 Å². The molecular formula is C21H26N4O11S. The predicted octanol–water partition coefficient (Wildman–Crippen LogP) is -0.389. The molecule has 0 saturated heterocycles. The minimum Gasteiger partial charge on any atom is -0.480 e. The van der Waals surface area contributed by atoms with Crippen LogP contribution in [0.5, 0.6) is 0 Å². The summed E-state index contributed by atoms with van der Waals surface area (Å²) in [5, 5.41) is 31.7. The molecule has 1 amide bonds. The highest BCUT2D eigenvalue weighted by atomic mass is 32.2. The molecule has 1 aliphatic carbocycles. The molecule has 0 radical (unpaired) electrons. The van der Waals surface area contributed by atoms with Gasteiger partial charge in [-0.1, -0.05) is 12.2 Å². The average Bonchev–Trinajstić information content (AvgIpc) is 3.28. The minimum atomic E-state index is -4.28. The van der Waals surface area contributed by atoms with Gasteiger partial charge in [-0.3, -0.25) is 24.5 Å². The second kappa shape index (κ2) is 11.4. The summed E-state index contributed by atoms with van der Waals surface area (Å²) in [6, 6.07) is -2.56. The molecular weight excluding hydrogens is 516 g/mol. The number of amides is 1. The average molecular weight is 543 g/mol. The van der Waals surface area contributed by atoms with Crippen molar-refractivity contribution in [2.75, 3.05) is 0 Å². The van der Waals surface area contributed by atoms with Crippen LogP contribution in [0.25, 0.3) is 0 Å². The summed E-state index contributed by atoms with van der Waals surface area (Å²) in [6.07, 6.45) is 1.90. The number of Topliss-reactive ketones (excluding diaryl/α,β-unsaturated/α-hetero) is 1. The summed E-state index contributed by atoms with van der Waals surface area (Å²) in [5.74, 6) is -6.62. The number of hydrogen-bond donors (Lipinski definition) is 5. The van der Waals surface area contributed by atoms with Gasteiger partial charge in [0.2, 0.25) is 5.91 Å². The van der Waals surface area contributed by atoms with Gasteiger partial charge in [0.05, 0.1) is 17.5 Å². The van der Waals surface area contributed by atoms with E-state index in [2.05, 4.69) is 5.32 Å². The van der Waals surface area contributed by atoms with Crippen molar-refractivity contribution in [3.05, 3.63) is 51.1 Å². The van der Waals surface area contributed by atoms with Gasteiger partial charge in [0.1, 0.15) is 28.5 Å². The number of allylic oxidation sites excluding steroid dienone is 3. The molecule has 15 nitrogen and oxygen atoms in total. The third kappa shape index (κ3) is 6.87. The largest absolute Gasteiger partial charge is 0.480 e. The van der Waals surface area contributed by atoms with E-state index in [-0.39, 0.29) is 12.2 Å². The summed E-state index contributed by atoms with van der Waals surface area (Å²) in [5.41, 5.74) is 8.98. The van der Waals surface area contributed by atoms with Crippen LogP contribution in [0.4, 0.5) is 5.88 Å². The van der Waals surface area contributed by atoms with Gasteiger partial charge in [-0.15, -0.1) is 0 Å². The molecule has 0 bridgehead atoms. The first kappa shape index (κ1) is 29.3. The normalized spacial score (nSPS) is 19.8. The molecule has 1 unspecified atom stereocenters. The number of aliphatic carboxylic acids is 2. The van der Waals surface area contributed by atoms with Crippen molar-refractivity contribution >= 4 is 39.4 Å². The second-order valence-electron chi connectivity index (χ2n) is 8.44. The summed E-state index contributed by atoms with van der Waals surface area (Å²) in [6.45, 7) is 1.26. The fourth-order valence-electron chi connectivity index (χ4n) is 3.76. The first-order valence-electron chi connectivity index (χ1n) is 10.8. The SMILES string of the molecule is C[C@H](N)C(=O)C1([C@@H](NC(=O)CC[C@H](N)C(=O)O)C(=O)O)C=CC=C(S(=O)(=O)Cc2ccc([N+](=O)[O-])o2)C1. The lowest BCUT2D eigenvalue weighted by atomic mass is 9.69. The van der Waals surface area contributed by atoms with E-state index in [1.54, 1.807) is 0 Å². The molecule has 2 rings (SSSR count). The number of furan rings is 1. The number of carbonyl (C=O) groups is 4. The minimum absolute atomic E-state index is 0.260. The van der Waals surface area contributed by atoms with Crippen molar-refractivity contribution in [1.82, 2.24) is 5.32 Å². The van der Waals surface area contributed by atoms with Crippen LogP contribution in [0.2, 0.25) is 0 Å². The number of carbonyl (C=O) groups excluding carboxylic acids is 2. The van der Waals surface area contributed by atoms with Gasteiger partial charge in [0.25, 0.3) is 0 Å². The predicted molar refractivity (Wildman–Crippen MR) is 125 cm³/mol. The zero-order valence-corrected chi connectivity index (χ0v) is 20.3. The number of nitro groups is 1. The Labute approximate surface area is 210 Å². The zero-order chi connectivity index (χ0) is 28.1. The molecule has 1 heterocycles. The molecule has 4 atom stereocenters. The van der Waals surface area contributed by atoms with Gasteiger partial charge in [-0.05, 0) is 25.5 Å². The Hall–Kier alpha value is -3.89. The first-order valence-corrected chi connectivity index (χ1v) is 12.4. The van der Waals surface area contributed by atoms with Crippen LogP contribution in [0, 0.1) is 15.5 Å². The Balaban J connectivity index is 2.39. The number of sulfone groups is 1. The molecule has 1 aliphatic rings. The maximum Gasteiger partial charge on any atom is 0.433 e. The van der Waals surface area contributed by atoms with Crippen LogP contribution in [-0.2, 0) is 34.8 Å². The van der Waals surface area contributed by atoms with Gasteiger partial charge in [-0.2, -0.15) is 0 Å². The van der Waals surface area contributed by atoms with E-state index < -0.39 is 91.3 Å². The molecule has 7 N–H and O–H groups in total. The molecule has 0 spiro atoms. The Kier molecular flexibility index (Phi) is 9.08. The molecule has 0 saturated carbocycles. The maximum atomic E-state index is 13.2. The molecule has 1 aromatic rings. The van der Waals surface area contributed by atoms with Crippen LogP contribution < -0.4 is 16.8 Å². The summed E-state index contributed by atoms with van der Waals surface area (Å²) in [7, 11) is -4.28. The lowest BCUT2D eigenvalue weighted by Crippen LogP contribution is -2.59. The van der Waals surface area contributed by atoms with E-state index in [4.69, 9.17) is 21.0 Å². The number of nitrogens with one attached hydrogen (secondary N) is 1. The second-order valence-corrected chi connectivity index (χ2v) is 10.5. The van der Waals surface area contributed by atoms with E-state index in [1.165, 1.54) is 6.92 Å². The topological polar surface area (TPSA) is 263 Å². The van der Waals surface area contributed by atoms with Crippen LogP contribution in [0.3, 0.4) is 0 Å². The monoisotopic (exact) mass is 542 g/mol. The number of nitrogens with two attached hydrogens (primary N) is 2. The molecule has 37 heavy (non-hydrogen) atoms. The van der Waals surface area contributed by atoms with Crippen molar-refractivity contribution in [2.24, 2.45) is 16.9 Å². The fourth-order valence-corrected chi connectivity index (χ4v) is 5.22. The van der Waals surface area contributed by atoms with Crippen LogP contribution in [0.15, 0.2) is 39.7 Å². The molecule has 0 aromatic carbocycles. The van der Waals surface area contributed by atoms with Gasteiger partial charge >= 0.3 is 17.8 Å². The van der Waals surface area contributed by atoms with Gasteiger partial charge < -0.3 is 31.4 Å². The molecule has 202 valence electrons. The Morgan fingerprint density at radius 1 is 1.22 bits per heavy atom. The lowest BCUT2D eigenvalue weighted by molar-refractivity contribution is -0.402. The van der Waals surface area contributed by atoms with Gasteiger partial charge in [0, 0.05) is 17.7 Å². The molecule has 1 aromatic heterocycles. The standard InChI is InChI=1S/C21H26N4O11S/c1-11(22)18(27)21(17(20(30)31)24-15(26)6-5-14(23)19(28)29)8-2-3-13(9-21)37(34,35)10-12-4-7-16(36-12)25(32)33/h2-4,7-8,11,14,17H,5-6,9-10,22-23H2,1H3,(H,24,26)(H,28,29)(H,30,31)/t11-,14-,17-,21?/m0/s1. The Bertz CT molecular complexity index is 1260. The van der Waals surface area contributed by atoms with Crippen LogP contribution in [0.1, 0.15) is 31.9 Å². The number of nitrogens with zero attached hydrogens (tertiary/aromatic N) is 1. The molecule has 0 fully saturated rings. The number of carboxylic acids is 2. The van der Waals surface area contributed by atoms with E-state index >= 15 is 0 Å². The van der Waals surface area contributed by atoms with E-state index in [9.17, 15) is 42.8 Å². The highest BCUT2D eigenvalue weighted by Crippen LogP contribution is 2.40. The smallest absolute Gasteiger partial charge is 0.433 e. The summed E-state index contributed by atoms with van der Waals surface area (Å²) >= 11 is 0. The van der Waals surface area contributed by atoms with Crippen molar-refractivity contribution in [2.45, 2.75) is 50.1 Å². The Morgan fingerprint density at radius 2 is 1.86 bits per heavy atom. The lowest BCUT2D eigenvalue weighted by Gasteiger charge is -2.38. The zero-order valence-electron chi connectivity index (χ0n) is 19.5. The number of carboxylic acid groups (broad SMARTS) is 2. The highest BCUT2D eigenvalue weighted by molar-refractivity contribution is 7.94. The van der Waals surface area contributed by atoms with Crippen molar-refractivity contribution in [1.29, 1.82) is 0 Å². The highest BCUT2D eigenvalue weighted by Gasteiger charge is 2.51. The summed E-state index contributed by atoms with van der Waals surface area (Å²) in [4.78, 5) is 58.3. The number of rotatable bonds is 13. The van der Waals surface area contributed by atoms with E-state index in [0.717, 1.165) is 30.4 Å². The fraction of sp³-hybridized carbons (Fsp3) is 0.429. The van der Waals surface area contributed by atoms with E-state index in [1.807, 2.05) is 0 Å².